The highest BCUT2D eigenvalue weighted by molar-refractivity contribution is 5.66. The zero-order chi connectivity index (χ0) is 9.94. The maximum absolute atomic E-state index is 10.5. The van der Waals surface area contributed by atoms with E-state index in [0.29, 0.717) is 26.4 Å². The molecule has 1 N–H and O–H groups in total. The van der Waals surface area contributed by atoms with Gasteiger partial charge in [0.2, 0.25) is 0 Å². The molecule has 0 bridgehead atoms. The van der Waals surface area contributed by atoms with E-state index in [0.717, 1.165) is 0 Å². The van der Waals surface area contributed by atoms with Crippen LogP contribution in [-0.4, -0.2) is 46.2 Å². The van der Waals surface area contributed by atoms with E-state index in [1.165, 1.54) is 7.05 Å². The van der Waals surface area contributed by atoms with Crippen LogP contribution in [0.2, 0.25) is 0 Å². The molecule has 0 aliphatic carbocycles. The van der Waals surface area contributed by atoms with Gasteiger partial charge in [-0.3, -0.25) is 0 Å². The third-order valence-electron chi connectivity index (χ3n) is 1.24. The van der Waals surface area contributed by atoms with E-state index in [2.05, 4.69) is 10.1 Å². The predicted octanol–water partition coefficient (Wildman–Crippen LogP) is 0.396. The molecule has 0 aromatic carbocycles. The lowest BCUT2D eigenvalue weighted by Gasteiger charge is -2.05. The molecule has 0 aromatic rings. The van der Waals surface area contributed by atoms with Crippen molar-refractivity contribution in [1.29, 1.82) is 0 Å². The fourth-order valence-corrected chi connectivity index (χ4v) is 0.630. The minimum Gasteiger partial charge on any atom is -0.447 e. The van der Waals surface area contributed by atoms with Crippen LogP contribution in [0.1, 0.15) is 6.92 Å². The van der Waals surface area contributed by atoms with Crippen LogP contribution in [-0.2, 0) is 14.2 Å². The molecular formula is C8H17NO4. The van der Waals surface area contributed by atoms with Crippen LogP contribution in [0.4, 0.5) is 4.79 Å². The highest BCUT2D eigenvalue weighted by Gasteiger charge is 1.95. The molecule has 0 atom stereocenters. The van der Waals surface area contributed by atoms with Crippen molar-refractivity contribution in [3.63, 3.8) is 0 Å². The van der Waals surface area contributed by atoms with Crippen LogP contribution in [0.5, 0.6) is 0 Å². The van der Waals surface area contributed by atoms with E-state index in [9.17, 15) is 4.79 Å². The van der Waals surface area contributed by atoms with Gasteiger partial charge in [-0.2, -0.15) is 0 Å². The number of carbonyl (C=O) groups is 1. The minimum atomic E-state index is -0.437. The summed E-state index contributed by atoms with van der Waals surface area (Å²) in [4.78, 5) is 10.5. The Morgan fingerprint density at radius 2 is 1.77 bits per heavy atom. The minimum absolute atomic E-state index is 0.270. The fourth-order valence-electron chi connectivity index (χ4n) is 0.630. The molecular weight excluding hydrogens is 174 g/mol. The Bertz CT molecular complexity index is 129. The first-order chi connectivity index (χ1) is 6.31. The van der Waals surface area contributed by atoms with Crippen molar-refractivity contribution < 1.29 is 19.0 Å². The SMILES string of the molecule is CCOCCOCCOC(=O)NC. The number of ether oxygens (including phenoxy) is 3. The Morgan fingerprint density at radius 3 is 2.38 bits per heavy atom. The van der Waals surface area contributed by atoms with Gasteiger partial charge in [0.25, 0.3) is 0 Å². The van der Waals surface area contributed by atoms with Gasteiger partial charge in [0.15, 0.2) is 0 Å². The largest absolute Gasteiger partial charge is 0.447 e. The Kier molecular flexibility index (Phi) is 8.70. The summed E-state index contributed by atoms with van der Waals surface area (Å²) in [6.07, 6.45) is -0.437. The maximum atomic E-state index is 10.5. The monoisotopic (exact) mass is 191 g/mol. The van der Waals surface area contributed by atoms with E-state index in [4.69, 9.17) is 9.47 Å². The molecule has 0 saturated heterocycles. The molecule has 5 nitrogen and oxygen atoms in total. The zero-order valence-electron chi connectivity index (χ0n) is 8.17. The molecule has 0 saturated carbocycles. The Balaban J connectivity index is 2.95. The van der Waals surface area contributed by atoms with Gasteiger partial charge in [-0.1, -0.05) is 0 Å². The molecule has 0 aliphatic heterocycles. The van der Waals surface area contributed by atoms with Gasteiger partial charge in [-0.05, 0) is 6.92 Å². The second-order valence-electron chi connectivity index (χ2n) is 2.20. The normalized spacial score (nSPS) is 9.69. The molecule has 0 spiro atoms. The van der Waals surface area contributed by atoms with Crippen molar-refractivity contribution in [3.8, 4) is 0 Å². The molecule has 0 unspecified atom stereocenters. The summed E-state index contributed by atoms with van der Waals surface area (Å²) in [5.41, 5.74) is 0. The number of alkyl carbamates (subject to hydrolysis) is 1. The average molecular weight is 191 g/mol. The Morgan fingerprint density at radius 1 is 1.15 bits per heavy atom. The molecule has 13 heavy (non-hydrogen) atoms. The smallest absolute Gasteiger partial charge is 0.406 e. The van der Waals surface area contributed by atoms with Crippen molar-refractivity contribution in [3.05, 3.63) is 0 Å². The van der Waals surface area contributed by atoms with Crippen LogP contribution in [0.25, 0.3) is 0 Å². The van der Waals surface area contributed by atoms with E-state index >= 15 is 0 Å². The number of hydrogen-bond donors (Lipinski definition) is 1. The lowest BCUT2D eigenvalue weighted by Crippen LogP contribution is -2.21. The third-order valence-corrected chi connectivity index (χ3v) is 1.24. The summed E-state index contributed by atoms with van der Waals surface area (Å²) in [5, 5.41) is 2.33. The Hall–Kier alpha value is -0.810. The van der Waals surface area contributed by atoms with Gasteiger partial charge in [-0.15, -0.1) is 0 Å². The number of amides is 1. The van der Waals surface area contributed by atoms with Crippen LogP contribution in [0, 0.1) is 0 Å². The predicted molar refractivity (Wildman–Crippen MR) is 47.7 cm³/mol. The van der Waals surface area contributed by atoms with E-state index in [-0.39, 0.29) is 6.61 Å². The maximum Gasteiger partial charge on any atom is 0.406 e. The van der Waals surface area contributed by atoms with Crippen LogP contribution in [0.15, 0.2) is 0 Å². The number of rotatable bonds is 7. The molecule has 5 heteroatoms. The molecule has 0 heterocycles. The van der Waals surface area contributed by atoms with Crippen molar-refractivity contribution in [2.45, 2.75) is 6.92 Å². The summed E-state index contributed by atoms with van der Waals surface area (Å²) in [6.45, 7) is 4.40. The molecule has 0 aromatic heterocycles. The first kappa shape index (κ1) is 12.2. The molecule has 0 aliphatic rings. The van der Waals surface area contributed by atoms with Crippen LogP contribution in [0.3, 0.4) is 0 Å². The summed E-state index contributed by atoms with van der Waals surface area (Å²) in [7, 11) is 1.51. The van der Waals surface area contributed by atoms with Gasteiger partial charge < -0.3 is 19.5 Å². The second kappa shape index (κ2) is 9.28. The van der Waals surface area contributed by atoms with Crippen molar-refractivity contribution >= 4 is 6.09 Å². The molecule has 0 radical (unpaired) electrons. The highest BCUT2D eigenvalue weighted by Crippen LogP contribution is 1.81. The Labute approximate surface area is 78.3 Å². The molecule has 0 fully saturated rings. The van der Waals surface area contributed by atoms with Gasteiger partial charge in [0, 0.05) is 13.7 Å². The van der Waals surface area contributed by atoms with E-state index < -0.39 is 6.09 Å². The standard InChI is InChI=1S/C8H17NO4/c1-3-11-4-5-12-6-7-13-8(10)9-2/h3-7H2,1-2H3,(H,9,10). The first-order valence-corrected chi connectivity index (χ1v) is 4.31. The van der Waals surface area contributed by atoms with Crippen molar-refractivity contribution in [1.82, 2.24) is 5.32 Å². The number of nitrogens with one attached hydrogen (secondary N) is 1. The molecule has 1 amide bonds. The number of hydrogen-bond acceptors (Lipinski definition) is 4. The van der Waals surface area contributed by atoms with Gasteiger partial charge >= 0.3 is 6.09 Å². The quantitative estimate of drug-likeness (QED) is 0.592. The van der Waals surface area contributed by atoms with Gasteiger partial charge in [0.05, 0.1) is 19.8 Å². The molecule has 0 rings (SSSR count). The highest BCUT2D eigenvalue weighted by atomic mass is 16.6. The average Bonchev–Trinajstić information content (AvgIpc) is 2.16. The first-order valence-electron chi connectivity index (χ1n) is 4.31. The summed E-state index contributed by atoms with van der Waals surface area (Å²) >= 11 is 0. The molecule has 78 valence electrons. The van der Waals surface area contributed by atoms with Crippen LogP contribution < -0.4 is 5.32 Å². The van der Waals surface area contributed by atoms with Crippen molar-refractivity contribution in [2.75, 3.05) is 40.1 Å². The summed E-state index contributed by atoms with van der Waals surface area (Å²) in [5.74, 6) is 0. The van der Waals surface area contributed by atoms with E-state index in [1.54, 1.807) is 0 Å². The lowest BCUT2D eigenvalue weighted by atomic mass is 10.7. The fraction of sp³-hybridized carbons (Fsp3) is 0.875. The lowest BCUT2D eigenvalue weighted by molar-refractivity contribution is 0.0317. The number of carbonyl (C=O) groups excluding carboxylic acids is 1. The third kappa shape index (κ3) is 9.10. The van der Waals surface area contributed by atoms with E-state index in [1.807, 2.05) is 6.92 Å². The van der Waals surface area contributed by atoms with Crippen LogP contribution >= 0.6 is 0 Å². The second-order valence-corrected chi connectivity index (χ2v) is 2.20. The zero-order valence-corrected chi connectivity index (χ0v) is 8.17. The van der Waals surface area contributed by atoms with Gasteiger partial charge in [-0.25, -0.2) is 4.79 Å². The summed E-state index contributed by atoms with van der Waals surface area (Å²) < 4.78 is 14.8. The topological polar surface area (TPSA) is 56.8 Å². The summed E-state index contributed by atoms with van der Waals surface area (Å²) in [6, 6.07) is 0. The van der Waals surface area contributed by atoms with Gasteiger partial charge in [0.1, 0.15) is 6.61 Å². The van der Waals surface area contributed by atoms with Crippen molar-refractivity contribution in [2.24, 2.45) is 0 Å².